The van der Waals surface area contributed by atoms with E-state index in [0.29, 0.717) is 5.69 Å². The van der Waals surface area contributed by atoms with Crippen molar-refractivity contribution in [3.63, 3.8) is 0 Å². The van der Waals surface area contributed by atoms with E-state index in [2.05, 4.69) is 33.2 Å². The number of aromatic amines is 1. The van der Waals surface area contributed by atoms with E-state index in [1.54, 1.807) is 0 Å². The Balaban J connectivity index is 2.59. The van der Waals surface area contributed by atoms with Gasteiger partial charge in [0.1, 0.15) is 12.1 Å². The summed E-state index contributed by atoms with van der Waals surface area (Å²) >= 11 is 3.89. The van der Waals surface area contributed by atoms with Gasteiger partial charge in [-0.2, -0.15) is 12.6 Å². The summed E-state index contributed by atoms with van der Waals surface area (Å²) < 4.78 is 0. The predicted molar refractivity (Wildman–Crippen MR) is 81.3 cm³/mol. The van der Waals surface area contributed by atoms with E-state index in [1.165, 1.54) is 19.4 Å². The Morgan fingerprint density at radius 3 is 2.59 bits per heavy atom. The Morgan fingerprint density at radius 1 is 1.41 bits per heavy atom. The number of hydrogen-bond donors (Lipinski definition) is 6. The maximum absolute atomic E-state index is 12.0. The molecule has 3 atom stereocenters. The van der Waals surface area contributed by atoms with Crippen LogP contribution in [0.1, 0.15) is 12.6 Å². The number of aromatic nitrogens is 2. The third-order valence-corrected chi connectivity index (χ3v) is 3.27. The quantitative estimate of drug-likeness (QED) is 0.312. The highest BCUT2D eigenvalue weighted by atomic mass is 32.1. The maximum Gasteiger partial charge on any atom is 0.326 e. The van der Waals surface area contributed by atoms with Crippen molar-refractivity contribution in [2.75, 3.05) is 5.75 Å². The third-order valence-electron chi connectivity index (χ3n) is 2.88. The van der Waals surface area contributed by atoms with Gasteiger partial charge in [-0.15, -0.1) is 0 Å². The molecule has 3 unspecified atom stereocenters. The molecule has 0 bridgehead atoms. The topological polar surface area (TPSA) is 150 Å². The Hall–Kier alpha value is -2.07. The molecule has 1 aromatic rings. The number of thiol groups is 1. The number of aliphatic carboxylic acids is 1. The van der Waals surface area contributed by atoms with Gasteiger partial charge in [-0.1, -0.05) is 0 Å². The number of imidazole rings is 1. The lowest BCUT2D eigenvalue weighted by atomic mass is 10.1. The van der Waals surface area contributed by atoms with Crippen molar-refractivity contribution in [2.24, 2.45) is 5.73 Å². The van der Waals surface area contributed by atoms with Crippen LogP contribution in [-0.2, 0) is 20.8 Å². The van der Waals surface area contributed by atoms with Crippen LogP contribution >= 0.6 is 12.6 Å². The number of carboxylic acids is 1. The van der Waals surface area contributed by atoms with E-state index < -0.39 is 35.9 Å². The first-order valence-electron chi connectivity index (χ1n) is 6.52. The van der Waals surface area contributed by atoms with Crippen LogP contribution in [0.4, 0.5) is 0 Å². The molecule has 0 aliphatic carbocycles. The second-order valence-corrected chi connectivity index (χ2v) is 5.06. The first-order chi connectivity index (χ1) is 10.3. The highest BCUT2D eigenvalue weighted by Crippen LogP contribution is 2.00. The van der Waals surface area contributed by atoms with Gasteiger partial charge in [0.15, 0.2) is 0 Å². The molecule has 10 heteroatoms. The number of carbonyl (C=O) groups excluding carboxylic acids is 2. The molecule has 9 nitrogen and oxygen atoms in total. The van der Waals surface area contributed by atoms with Crippen molar-refractivity contribution < 1.29 is 19.5 Å². The molecule has 22 heavy (non-hydrogen) atoms. The molecule has 0 spiro atoms. The number of nitrogens with two attached hydrogens (primary N) is 1. The zero-order chi connectivity index (χ0) is 16.7. The standard InChI is InChI=1S/C12H19N5O4S/c1-6(16-11(19)8(13)4-22)10(18)17-9(12(20)21)2-7-3-14-5-15-7/h3,5-6,8-9,22H,2,4,13H2,1H3,(H,14,15)(H,16,19)(H,17,18)(H,20,21). The van der Waals surface area contributed by atoms with E-state index in [1.807, 2.05) is 0 Å². The van der Waals surface area contributed by atoms with Crippen molar-refractivity contribution in [2.45, 2.75) is 31.5 Å². The third kappa shape index (κ3) is 5.37. The van der Waals surface area contributed by atoms with Crippen molar-refractivity contribution in [1.29, 1.82) is 0 Å². The van der Waals surface area contributed by atoms with Crippen LogP contribution in [0.3, 0.4) is 0 Å². The first-order valence-corrected chi connectivity index (χ1v) is 7.15. The average Bonchev–Trinajstić information content (AvgIpc) is 2.98. The number of amides is 2. The fourth-order valence-corrected chi connectivity index (χ4v) is 1.75. The van der Waals surface area contributed by atoms with E-state index in [0.717, 1.165) is 0 Å². The summed E-state index contributed by atoms with van der Waals surface area (Å²) in [6.45, 7) is 1.44. The SMILES string of the molecule is CC(NC(=O)C(N)CS)C(=O)NC(Cc1cnc[nH]1)C(=O)O. The van der Waals surface area contributed by atoms with Gasteiger partial charge in [0.05, 0.1) is 12.4 Å². The molecule has 0 aromatic carbocycles. The second-order valence-electron chi connectivity index (χ2n) is 4.70. The molecule has 122 valence electrons. The van der Waals surface area contributed by atoms with E-state index >= 15 is 0 Å². The minimum Gasteiger partial charge on any atom is -0.480 e. The van der Waals surface area contributed by atoms with Crippen molar-refractivity contribution in [3.05, 3.63) is 18.2 Å². The van der Waals surface area contributed by atoms with Gasteiger partial charge >= 0.3 is 5.97 Å². The molecule has 0 saturated heterocycles. The first kappa shape index (κ1) is 18.0. The van der Waals surface area contributed by atoms with Crippen LogP contribution in [0, 0.1) is 0 Å². The number of nitrogens with zero attached hydrogens (tertiary/aromatic N) is 1. The van der Waals surface area contributed by atoms with Gasteiger partial charge in [0, 0.05) is 24.1 Å². The number of nitrogens with one attached hydrogen (secondary N) is 3. The highest BCUT2D eigenvalue weighted by molar-refractivity contribution is 7.80. The number of carbonyl (C=O) groups is 3. The fraction of sp³-hybridized carbons (Fsp3) is 0.500. The highest BCUT2D eigenvalue weighted by Gasteiger charge is 2.25. The Kier molecular flexibility index (Phi) is 6.86. The number of H-pyrrole nitrogens is 1. The van der Waals surface area contributed by atoms with Gasteiger partial charge in [0.2, 0.25) is 11.8 Å². The fourth-order valence-electron chi connectivity index (χ4n) is 1.58. The lowest BCUT2D eigenvalue weighted by molar-refractivity contribution is -0.142. The molecule has 0 radical (unpaired) electrons. The predicted octanol–water partition coefficient (Wildman–Crippen LogP) is -1.72. The van der Waals surface area contributed by atoms with Crippen molar-refractivity contribution in [3.8, 4) is 0 Å². The second kappa shape index (κ2) is 8.39. The summed E-state index contributed by atoms with van der Waals surface area (Å²) in [4.78, 5) is 41.3. The summed E-state index contributed by atoms with van der Waals surface area (Å²) in [6.07, 6.45) is 2.94. The smallest absolute Gasteiger partial charge is 0.326 e. The largest absolute Gasteiger partial charge is 0.480 e. The molecule has 0 aliphatic rings. The van der Waals surface area contributed by atoms with Crippen LogP contribution in [0.2, 0.25) is 0 Å². The van der Waals surface area contributed by atoms with Gasteiger partial charge < -0.3 is 26.5 Å². The average molecular weight is 329 g/mol. The van der Waals surface area contributed by atoms with E-state index in [9.17, 15) is 14.4 Å². The molecular weight excluding hydrogens is 310 g/mol. The van der Waals surface area contributed by atoms with Crippen molar-refractivity contribution >= 4 is 30.4 Å². The van der Waals surface area contributed by atoms with Crippen LogP contribution in [0.25, 0.3) is 0 Å². The van der Waals surface area contributed by atoms with Crippen LogP contribution < -0.4 is 16.4 Å². The molecule has 1 rings (SSSR count). The van der Waals surface area contributed by atoms with Crippen LogP contribution in [0.15, 0.2) is 12.5 Å². The molecule has 0 saturated carbocycles. The van der Waals surface area contributed by atoms with Gasteiger partial charge in [-0.05, 0) is 6.92 Å². The van der Waals surface area contributed by atoms with Gasteiger partial charge in [-0.25, -0.2) is 9.78 Å². The summed E-state index contributed by atoms with van der Waals surface area (Å²) in [6, 6.07) is -2.88. The Labute approximate surface area is 132 Å². The molecule has 6 N–H and O–H groups in total. The van der Waals surface area contributed by atoms with Gasteiger partial charge in [-0.3, -0.25) is 9.59 Å². The number of hydrogen-bond acceptors (Lipinski definition) is 6. The zero-order valence-electron chi connectivity index (χ0n) is 11.9. The lowest BCUT2D eigenvalue weighted by Crippen LogP contribution is -2.54. The van der Waals surface area contributed by atoms with Gasteiger partial charge in [0.25, 0.3) is 0 Å². The molecule has 1 aromatic heterocycles. The minimum absolute atomic E-state index is 0.0535. The molecule has 1 heterocycles. The normalized spacial score (nSPS) is 14.7. The number of rotatable bonds is 8. The number of carboxylic acid groups (broad SMARTS) is 1. The molecule has 2 amide bonds. The van der Waals surface area contributed by atoms with E-state index in [-0.39, 0.29) is 12.2 Å². The van der Waals surface area contributed by atoms with Crippen LogP contribution in [-0.4, -0.2) is 56.7 Å². The molecule has 0 aliphatic heterocycles. The minimum atomic E-state index is -1.19. The maximum atomic E-state index is 12.0. The van der Waals surface area contributed by atoms with Crippen LogP contribution in [0.5, 0.6) is 0 Å². The summed E-state index contributed by atoms with van der Waals surface area (Å²) in [5.41, 5.74) is 6.05. The summed E-state index contributed by atoms with van der Waals surface area (Å²) in [5.74, 6) is -2.20. The zero-order valence-corrected chi connectivity index (χ0v) is 12.8. The Bertz CT molecular complexity index is 522. The summed E-state index contributed by atoms with van der Waals surface area (Å²) in [7, 11) is 0. The Morgan fingerprint density at radius 2 is 2.09 bits per heavy atom. The summed E-state index contributed by atoms with van der Waals surface area (Å²) in [5, 5.41) is 13.9. The molecular formula is C12H19N5O4S. The van der Waals surface area contributed by atoms with E-state index in [4.69, 9.17) is 10.8 Å². The monoisotopic (exact) mass is 329 g/mol. The lowest BCUT2D eigenvalue weighted by Gasteiger charge is -2.19. The molecule has 0 fully saturated rings. The van der Waals surface area contributed by atoms with Crippen molar-refractivity contribution in [1.82, 2.24) is 20.6 Å².